The molecule has 1 aromatic rings. The highest BCUT2D eigenvalue weighted by atomic mass is 19.2. The minimum absolute atomic E-state index is 0.0236. The molecule has 1 aromatic carbocycles. The lowest BCUT2D eigenvalue weighted by atomic mass is 10.2. The fourth-order valence-electron chi connectivity index (χ4n) is 1.29. The van der Waals surface area contributed by atoms with Crippen molar-refractivity contribution < 1.29 is 28.6 Å². The molecule has 0 aliphatic rings. The van der Waals surface area contributed by atoms with Gasteiger partial charge in [0.05, 0.1) is 0 Å². The molecule has 0 fully saturated rings. The van der Waals surface area contributed by atoms with Gasteiger partial charge < -0.3 is 20.8 Å². The van der Waals surface area contributed by atoms with Gasteiger partial charge in [-0.2, -0.15) is 0 Å². The summed E-state index contributed by atoms with van der Waals surface area (Å²) in [5.41, 5.74) is -0.0236. The van der Waals surface area contributed by atoms with E-state index in [1.165, 1.54) is 0 Å². The Kier molecular flexibility index (Phi) is 5.19. The second-order valence-electron chi connectivity index (χ2n) is 3.63. The number of carbonyl (C=O) groups excluding carboxylic acids is 1. The molecule has 0 aliphatic heterocycles. The van der Waals surface area contributed by atoms with Gasteiger partial charge in [0.1, 0.15) is 6.04 Å². The van der Waals surface area contributed by atoms with Crippen LogP contribution in [0.15, 0.2) is 18.2 Å². The monoisotopic (exact) mass is 274 g/mol. The maximum Gasteiger partial charge on any atom is 0.326 e. The summed E-state index contributed by atoms with van der Waals surface area (Å²) in [5, 5.41) is 21.6. The van der Waals surface area contributed by atoms with Gasteiger partial charge in [-0.15, -0.1) is 0 Å². The standard InChI is InChI=1S/C11H12F2N2O4/c12-7-2-1-6(5-8(7)13)14-11(19)15-9(3-4-16)10(17)18/h1-2,5,9,16H,3-4H2,(H,17,18)(H2,14,15,19)/t9-/m1/s1. The van der Waals surface area contributed by atoms with E-state index in [-0.39, 0.29) is 12.1 Å². The van der Waals surface area contributed by atoms with Crippen LogP contribution in [0.5, 0.6) is 0 Å². The van der Waals surface area contributed by atoms with Gasteiger partial charge in [0.2, 0.25) is 0 Å². The second kappa shape index (κ2) is 6.64. The molecule has 0 aromatic heterocycles. The number of aliphatic carboxylic acids is 1. The van der Waals surface area contributed by atoms with E-state index in [4.69, 9.17) is 10.2 Å². The summed E-state index contributed by atoms with van der Waals surface area (Å²) in [6, 6.07) is 0.548. The summed E-state index contributed by atoms with van der Waals surface area (Å²) in [6.07, 6.45) is -0.166. The number of carbonyl (C=O) groups is 2. The first kappa shape index (κ1) is 14.8. The number of carboxylic acid groups (broad SMARTS) is 1. The number of aliphatic hydroxyl groups is 1. The Labute approximate surface area is 107 Å². The van der Waals surface area contributed by atoms with E-state index in [1.807, 2.05) is 0 Å². The molecule has 1 atom stereocenters. The minimum Gasteiger partial charge on any atom is -0.480 e. The predicted molar refractivity (Wildman–Crippen MR) is 61.6 cm³/mol. The highest BCUT2D eigenvalue weighted by Crippen LogP contribution is 2.12. The SMILES string of the molecule is O=C(Nc1ccc(F)c(F)c1)N[C@H](CCO)C(=O)O. The van der Waals surface area contributed by atoms with Gasteiger partial charge in [0, 0.05) is 24.8 Å². The molecule has 0 bridgehead atoms. The minimum atomic E-state index is -1.31. The molecular formula is C11H12F2N2O4. The van der Waals surface area contributed by atoms with Crippen LogP contribution in [0.4, 0.5) is 19.3 Å². The van der Waals surface area contributed by atoms with Crippen LogP contribution in [0.3, 0.4) is 0 Å². The van der Waals surface area contributed by atoms with Crippen LogP contribution < -0.4 is 10.6 Å². The number of amides is 2. The Morgan fingerprint density at radius 1 is 1.26 bits per heavy atom. The summed E-state index contributed by atoms with van der Waals surface area (Å²) in [7, 11) is 0. The molecule has 0 spiro atoms. The normalized spacial score (nSPS) is 11.7. The molecule has 8 heteroatoms. The third-order valence-electron chi connectivity index (χ3n) is 2.20. The van der Waals surface area contributed by atoms with E-state index in [0.717, 1.165) is 18.2 Å². The first-order chi connectivity index (χ1) is 8.93. The Hall–Kier alpha value is -2.22. The smallest absolute Gasteiger partial charge is 0.326 e. The number of benzene rings is 1. The molecule has 6 nitrogen and oxygen atoms in total. The highest BCUT2D eigenvalue weighted by Gasteiger charge is 2.19. The van der Waals surface area contributed by atoms with E-state index in [0.29, 0.717) is 0 Å². The van der Waals surface area contributed by atoms with Crippen LogP contribution in [-0.4, -0.2) is 34.9 Å². The molecule has 19 heavy (non-hydrogen) atoms. The van der Waals surface area contributed by atoms with Crippen LogP contribution in [0.2, 0.25) is 0 Å². The lowest BCUT2D eigenvalue weighted by Crippen LogP contribution is -2.43. The number of hydrogen-bond acceptors (Lipinski definition) is 3. The van der Waals surface area contributed by atoms with E-state index in [9.17, 15) is 18.4 Å². The van der Waals surface area contributed by atoms with Crippen molar-refractivity contribution in [3.63, 3.8) is 0 Å². The van der Waals surface area contributed by atoms with Crippen molar-refractivity contribution in [2.45, 2.75) is 12.5 Å². The number of halogens is 2. The van der Waals surface area contributed by atoms with Gasteiger partial charge in [-0.05, 0) is 12.1 Å². The number of nitrogens with one attached hydrogen (secondary N) is 2. The second-order valence-corrected chi connectivity index (χ2v) is 3.63. The van der Waals surface area contributed by atoms with E-state index >= 15 is 0 Å². The first-order valence-corrected chi connectivity index (χ1v) is 5.30. The lowest BCUT2D eigenvalue weighted by Gasteiger charge is -2.14. The number of urea groups is 1. The van der Waals surface area contributed by atoms with Crippen molar-refractivity contribution in [2.24, 2.45) is 0 Å². The van der Waals surface area contributed by atoms with E-state index in [2.05, 4.69) is 10.6 Å². The maximum atomic E-state index is 12.9. The lowest BCUT2D eigenvalue weighted by molar-refractivity contribution is -0.139. The molecule has 0 radical (unpaired) electrons. The maximum absolute atomic E-state index is 12.9. The van der Waals surface area contributed by atoms with Gasteiger partial charge in [0.25, 0.3) is 0 Å². The quantitative estimate of drug-likeness (QED) is 0.641. The molecule has 4 N–H and O–H groups in total. The van der Waals surface area contributed by atoms with Gasteiger partial charge in [-0.3, -0.25) is 0 Å². The summed E-state index contributed by atoms with van der Waals surface area (Å²) in [6.45, 7) is -0.414. The number of anilines is 1. The third-order valence-corrected chi connectivity index (χ3v) is 2.20. The average Bonchev–Trinajstić information content (AvgIpc) is 2.33. The molecule has 0 unspecified atom stereocenters. The van der Waals surface area contributed by atoms with Crippen molar-refractivity contribution in [1.29, 1.82) is 0 Å². The van der Waals surface area contributed by atoms with Gasteiger partial charge >= 0.3 is 12.0 Å². The Bertz CT molecular complexity index is 482. The molecule has 0 saturated carbocycles. The zero-order valence-corrected chi connectivity index (χ0v) is 9.69. The van der Waals surface area contributed by atoms with Crippen LogP contribution in [-0.2, 0) is 4.79 Å². The number of rotatable bonds is 5. The number of hydrogen-bond donors (Lipinski definition) is 4. The first-order valence-electron chi connectivity index (χ1n) is 5.30. The fraction of sp³-hybridized carbons (Fsp3) is 0.273. The molecule has 1 rings (SSSR count). The predicted octanol–water partition coefficient (Wildman–Crippen LogP) is 0.922. The molecule has 0 heterocycles. The zero-order chi connectivity index (χ0) is 14.4. The Morgan fingerprint density at radius 3 is 2.47 bits per heavy atom. The van der Waals surface area contributed by atoms with Crippen LogP contribution in [0.25, 0.3) is 0 Å². The molecule has 2 amide bonds. The summed E-state index contributed by atoms with van der Waals surface area (Å²) in [4.78, 5) is 22.1. The third kappa shape index (κ3) is 4.51. The Balaban J connectivity index is 2.63. The molecule has 0 aliphatic carbocycles. The van der Waals surface area contributed by atoms with Gasteiger partial charge in [-0.25, -0.2) is 18.4 Å². The van der Waals surface area contributed by atoms with Crippen molar-refractivity contribution in [3.8, 4) is 0 Å². The number of carboxylic acids is 1. The van der Waals surface area contributed by atoms with Crippen LogP contribution in [0, 0.1) is 11.6 Å². The van der Waals surface area contributed by atoms with Crippen molar-refractivity contribution >= 4 is 17.7 Å². The molecular weight excluding hydrogens is 262 g/mol. The largest absolute Gasteiger partial charge is 0.480 e. The van der Waals surface area contributed by atoms with Crippen LogP contribution >= 0.6 is 0 Å². The van der Waals surface area contributed by atoms with Crippen LogP contribution in [0.1, 0.15) is 6.42 Å². The highest BCUT2D eigenvalue weighted by molar-refractivity contribution is 5.92. The van der Waals surface area contributed by atoms with E-state index in [1.54, 1.807) is 0 Å². The molecule has 104 valence electrons. The van der Waals surface area contributed by atoms with Gasteiger partial charge in [-0.1, -0.05) is 0 Å². The Morgan fingerprint density at radius 2 is 1.95 bits per heavy atom. The zero-order valence-electron chi connectivity index (χ0n) is 9.69. The molecule has 0 saturated heterocycles. The average molecular weight is 274 g/mol. The van der Waals surface area contributed by atoms with E-state index < -0.39 is 36.3 Å². The number of aliphatic hydroxyl groups excluding tert-OH is 1. The summed E-state index contributed by atoms with van der Waals surface area (Å²) < 4.78 is 25.5. The summed E-state index contributed by atoms with van der Waals surface area (Å²) >= 11 is 0. The summed E-state index contributed by atoms with van der Waals surface area (Å²) in [5.74, 6) is -3.51. The van der Waals surface area contributed by atoms with Crippen molar-refractivity contribution in [3.05, 3.63) is 29.8 Å². The van der Waals surface area contributed by atoms with Crippen molar-refractivity contribution in [2.75, 3.05) is 11.9 Å². The topological polar surface area (TPSA) is 98.7 Å². The van der Waals surface area contributed by atoms with Gasteiger partial charge in [0.15, 0.2) is 11.6 Å². The fourth-order valence-corrected chi connectivity index (χ4v) is 1.29. The van der Waals surface area contributed by atoms with Crippen molar-refractivity contribution in [1.82, 2.24) is 5.32 Å².